The molecule has 1 aromatic rings. The van der Waals surface area contributed by atoms with Crippen LogP contribution in [0.1, 0.15) is 37.1 Å². The van der Waals surface area contributed by atoms with E-state index in [1.807, 2.05) is 6.07 Å². The van der Waals surface area contributed by atoms with E-state index in [1.54, 1.807) is 6.92 Å². The van der Waals surface area contributed by atoms with Gasteiger partial charge in [0.15, 0.2) is 0 Å². The Hall–Kier alpha value is -0.100. The number of halogens is 2. The second-order valence-electron chi connectivity index (χ2n) is 3.57. The summed E-state index contributed by atoms with van der Waals surface area (Å²) in [5, 5.41) is 0. The van der Waals surface area contributed by atoms with Crippen LogP contribution in [0.2, 0.25) is 4.34 Å². The molecule has 0 spiro atoms. The molecule has 1 unspecified atom stereocenters. The van der Waals surface area contributed by atoms with Crippen molar-refractivity contribution in [1.29, 1.82) is 0 Å². The van der Waals surface area contributed by atoms with Gasteiger partial charge in [-0.05, 0) is 41.8 Å². The maximum Gasteiger partial charge on any atom is 0.305 e. The average Bonchev–Trinajstić information content (AvgIpc) is 2.59. The molecule has 0 aromatic carbocycles. The van der Waals surface area contributed by atoms with Crippen LogP contribution in [0.25, 0.3) is 0 Å². The summed E-state index contributed by atoms with van der Waals surface area (Å²) >= 11 is 10.8. The lowest BCUT2D eigenvalue weighted by Gasteiger charge is -2.08. The zero-order valence-corrected chi connectivity index (χ0v) is 12.7. The lowest BCUT2D eigenvalue weighted by molar-refractivity contribution is -0.143. The Morgan fingerprint density at radius 3 is 2.94 bits per heavy atom. The van der Waals surface area contributed by atoms with Crippen molar-refractivity contribution in [3.05, 3.63) is 19.8 Å². The molecule has 17 heavy (non-hydrogen) atoms. The first kappa shape index (κ1) is 15.0. The molecule has 96 valence electrons. The van der Waals surface area contributed by atoms with E-state index in [4.69, 9.17) is 22.1 Å². The predicted molar refractivity (Wildman–Crippen MR) is 74.4 cm³/mol. The van der Waals surface area contributed by atoms with E-state index < -0.39 is 0 Å². The standard InChI is InChI=1S/C11H15BrClNO2S/c1-2-16-10(15)5-3-4-8(14)9-6-7(12)11(13)17-9/h6,8H,2-5,14H2,1H3. The molecule has 3 nitrogen and oxygen atoms in total. The van der Waals surface area contributed by atoms with E-state index in [0.29, 0.717) is 17.4 Å². The Morgan fingerprint density at radius 2 is 2.41 bits per heavy atom. The molecule has 1 aromatic heterocycles. The van der Waals surface area contributed by atoms with E-state index >= 15 is 0 Å². The molecule has 0 fully saturated rings. The van der Waals surface area contributed by atoms with Gasteiger partial charge in [0.1, 0.15) is 4.34 Å². The molecule has 2 N–H and O–H groups in total. The summed E-state index contributed by atoms with van der Waals surface area (Å²) in [6.45, 7) is 2.23. The second kappa shape index (κ2) is 7.36. The number of nitrogens with two attached hydrogens (primary N) is 1. The molecular formula is C11H15BrClNO2S. The quantitative estimate of drug-likeness (QED) is 0.799. The Balaban J connectivity index is 2.34. The Bertz CT molecular complexity index is 364. The highest BCUT2D eigenvalue weighted by Gasteiger charge is 2.12. The van der Waals surface area contributed by atoms with Crippen LogP contribution in [0.15, 0.2) is 10.5 Å². The Labute approximate surface area is 118 Å². The van der Waals surface area contributed by atoms with Gasteiger partial charge >= 0.3 is 5.97 Å². The third-order valence-electron chi connectivity index (χ3n) is 2.23. The maximum absolute atomic E-state index is 11.1. The summed E-state index contributed by atoms with van der Waals surface area (Å²) in [6.07, 6.45) is 1.90. The molecule has 0 saturated carbocycles. The fraction of sp³-hybridized carbons (Fsp3) is 0.545. The van der Waals surface area contributed by atoms with E-state index in [2.05, 4.69) is 15.9 Å². The Morgan fingerprint density at radius 1 is 1.71 bits per heavy atom. The highest BCUT2D eigenvalue weighted by molar-refractivity contribution is 9.10. The molecule has 0 bridgehead atoms. The van der Waals surface area contributed by atoms with E-state index in [0.717, 1.165) is 22.2 Å². The van der Waals surface area contributed by atoms with Gasteiger partial charge in [-0.25, -0.2) is 0 Å². The highest BCUT2D eigenvalue weighted by atomic mass is 79.9. The summed E-state index contributed by atoms with van der Waals surface area (Å²) in [6, 6.07) is 1.86. The summed E-state index contributed by atoms with van der Waals surface area (Å²) in [5.41, 5.74) is 6.02. The fourth-order valence-corrected chi connectivity index (χ4v) is 3.16. The summed E-state index contributed by atoms with van der Waals surface area (Å²) in [5.74, 6) is -0.162. The zero-order valence-electron chi connectivity index (χ0n) is 9.54. The first-order valence-electron chi connectivity index (χ1n) is 5.40. The van der Waals surface area contributed by atoms with Gasteiger partial charge < -0.3 is 10.5 Å². The molecule has 0 saturated heterocycles. The number of esters is 1. The number of thiophene rings is 1. The predicted octanol–water partition coefficient (Wildman–Crippen LogP) is 3.90. The van der Waals surface area contributed by atoms with Crippen LogP contribution in [0.3, 0.4) is 0 Å². The molecule has 1 heterocycles. The van der Waals surface area contributed by atoms with Gasteiger partial charge in [0.05, 0.1) is 6.61 Å². The molecule has 1 rings (SSSR count). The summed E-state index contributed by atoms with van der Waals surface area (Å²) in [7, 11) is 0. The largest absolute Gasteiger partial charge is 0.466 e. The van der Waals surface area contributed by atoms with Gasteiger partial charge in [0.2, 0.25) is 0 Å². The van der Waals surface area contributed by atoms with Crippen LogP contribution in [0.5, 0.6) is 0 Å². The van der Waals surface area contributed by atoms with Crippen LogP contribution >= 0.6 is 38.9 Å². The summed E-state index contributed by atoms with van der Waals surface area (Å²) in [4.78, 5) is 12.2. The first-order valence-corrected chi connectivity index (χ1v) is 7.39. The van der Waals surface area contributed by atoms with Gasteiger partial charge in [-0.3, -0.25) is 4.79 Å². The van der Waals surface area contributed by atoms with Crippen LogP contribution in [0, 0.1) is 0 Å². The van der Waals surface area contributed by atoms with Crippen LogP contribution in [-0.2, 0) is 9.53 Å². The van der Waals surface area contributed by atoms with E-state index in [1.165, 1.54) is 11.3 Å². The minimum Gasteiger partial charge on any atom is -0.466 e. The minimum atomic E-state index is -0.162. The van der Waals surface area contributed by atoms with Crippen molar-refractivity contribution >= 4 is 44.8 Å². The number of carbonyl (C=O) groups excluding carboxylic acids is 1. The van der Waals surface area contributed by atoms with Crippen molar-refractivity contribution in [2.45, 2.75) is 32.2 Å². The molecule has 0 aliphatic heterocycles. The van der Waals surface area contributed by atoms with Crippen molar-refractivity contribution in [2.24, 2.45) is 5.73 Å². The monoisotopic (exact) mass is 339 g/mol. The van der Waals surface area contributed by atoms with Gasteiger partial charge in [0.25, 0.3) is 0 Å². The van der Waals surface area contributed by atoms with Crippen molar-refractivity contribution in [1.82, 2.24) is 0 Å². The molecular weight excluding hydrogens is 326 g/mol. The van der Waals surface area contributed by atoms with Crippen molar-refractivity contribution in [3.63, 3.8) is 0 Å². The average molecular weight is 341 g/mol. The molecule has 6 heteroatoms. The normalized spacial score (nSPS) is 12.5. The van der Waals surface area contributed by atoms with Gasteiger partial charge in [0, 0.05) is 21.8 Å². The molecule has 1 atom stereocenters. The third kappa shape index (κ3) is 4.95. The number of ether oxygens (including phenoxy) is 1. The van der Waals surface area contributed by atoms with Crippen molar-refractivity contribution in [2.75, 3.05) is 6.61 Å². The Kier molecular flexibility index (Phi) is 6.48. The van der Waals surface area contributed by atoms with Gasteiger partial charge in [-0.15, -0.1) is 11.3 Å². The number of rotatable bonds is 6. The molecule has 0 aliphatic carbocycles. The first-order chi connectivity index (χ1) is 8.04. The van der Waals surface area contributed by atoms with Gasteiger partial charge in [-0.1, -0.05) is 11.6 Å². The smallest absolute Gasteiger partial charge is 0.305 e. The molecule has 0 amide bonds. The van der Waals surface area contributed by atoms with Crippen LogP contribution in [0.4, 0.5) is 0 Å². The maximum atomic E-state index is 11.1. The van der Waals surface area contributed by atoms with Crippen LogP contribution in [-0.4, -0.2) is 12.6 Å². The van der Waals surface area contributed by atoms with Crippen molar-refractivity contribution in [3.8, 4) is 0 Å². The SMILES string of the molecule is CCOC(=O)CCCC(N)c1cc(Br)c(Cl)s1. The summed E-state index contributed by atoms with van der Waals surface area (Å²) < 4.78 is 6.43. The third-order valence-corrected chi connectivity index (χ3v) is 4.84. The topological polar surface area (TPSA) is 52.3 Å². The fourth-order valence-electron chi connectivity index (χ4n) is 1.39. The van der Waals surface area contributed by atoms with E-state index in [-0.39, 0.29) is 12.0 Å². The minimum absolute atomic E-state index is 0.0711. The molecule has 0 radical (unpaired) electrons. The zero-order chi connectivity index (χ0) is 12.8. The second-order valence-corrected chi connectivity index (χ2v) is 6.11. The highest BCUT2D eigenvalue weighted by Crippen LogP contribution is 2.35. The number of carbonyl (C=O) groups is 1. The van der Waals surface area contributed by atoms with E-state index in [9.17, 15) is 4.79 Å². The number of hydrogen-bond donors (Lipinski definition) is 1. The van der Waals surface area contributed by atoms with Crippen LogP contribution < -0.4 is 5.73 Å². The lowest BCUT2D eigenvalue weighted by atomic mass is 10.1. The molecule has 0 aliphatic rings. The number of hydrogen-bond acceptors (Lipinski definition) is 4. The van der Waals surface area contributed by atoms with Crippen molar-refractivity contribution < 1.29 is 9.53 Å². The van der Waals surface area contributed by atoms with Gasteiger partial charge in [-0.2, -0.15) is 0 Å². The lowest BCUT2D eigenvalue weighted by Crippen LogP contribution is -2.10.